The van der Waals surface area contributed by atoms with Crippen molar-refractivity contribution in [3.05, 3.63) is 45.7 Å². The smallest absolute Gasteiger partial charge is 0.119 e. The Labute approximate surface area is 121 Å². The topological polar surface area (TPSA) is 53.1 Å². The van der Waals surface area contributed by atoms with Crippen molar-refractivity contribution < 1.29 is 4.74 Å². The molecular weight excluding hydrogens is 306 g/mol. The van der Waals surface area contributed by atoms with Gasteiger partial charge in [-0.25, -0.2) is 0 Å². The molecule has 2 rings (SSSR count). The van der Waals surface area contributed by atoms with Crippen LogP contribution in [0.3, 0.4) is 0 Å². The highest BCUT2D eigenvalue weighted by Crippen LogP contribution is 2.19. The third-order valence-electron chi connectivity index (χ3n) is 3.00. The average Bonchev–Trinajstić information content (AvgIpc) is 2.67. The first-order valence-corrected chi connectivity index (χ1v) is 7.02. The van der Waals surface area contributed by atoms with E-state index in [1.165, 1.54) is 0 Å². The molecule has 0 aliphatic carbocycles. The van der Waals surface area contributed by atoms with Crippen LogP contribution in [0.25, 0.3) is 0 Å². The largest absolute Gasteiger partial charge is 0.492 e. The Bertz CT molecular complexity index is 566. The van der Waals surface area contributed by atoms with Crippen molar-refractivity contribution in [2.45, 2.75) is 26.9 Å². The number of hydrogen-bond acceptors (Lipinski definition) is 3. The zero-order valence-corrected chi connectivity index (χ0v) is 12.8. The van der Waals surface area contributed by atoms with E-state index >= 15 is 0 Å². The van der Waals surface area contributed by atoms with Gasteiger partial charge >= 0.3 is 0 Å². The Balaban J connectivity index is 1.94. The number of benzene rings is 1. The van der Waals surface area contributed by atoms with Gasteiger partial charge in [0.1, 0.15) is 12.4 Å². The Morgan fingerprint density at radius 2 is 2.16 bits per heavy atom. The summed E-state index contributed by atoms with van der Waals surface area (Å²) in [6.07, 6.45) is 0. The van der Waals surface area contributed by atoms with Crippen molar-refractivity contribution in [2.75, 3.05) is 6.61 Å². The molecule has 102 valence electrons. The SMILES string of the molecule is Cc1nn(CCOc2cccc(CN)c2)c(C)c1Br. The predicted molar refractivity (Wildman–Crippen MR) is 79.2 cm³/mol. The van der Waals surface area contributed by atoms with E-state index in [0.29, 0.717) is 13.2 Å². The molecule has 5 heteroatoms. The minimum atomic E-state index is 0.529. The fourth-order valence-corrected chi connectivity index (χ4v) is 2.19. The van der Waals surface area contributed by atoms with Gasteiger partial charge in [-0.3, -0.25) is 4.68 Å². The van der Waals surface area contributed by atoms with E-state index in [2.05, 4.69) is 21.0 Å². The average molecular weight is 324 g/mol. The number of aryl methyl sites for hydroxylation is 1. The molecule has 1 aromatic heterocycles. The molecule has 2 N–H and O–H groups in total. The summed E-state index contributed by atoms with van der Waals surface area (Å²) >= 11 is 3.52. The molecule has 0 bridgehead atoms. The van der Waals surface area contributed by atoms with E-state index < -0.39 is 0 Å². The van der Waals surface area contributed by atoms with Crippen LogP contribution in [0.2, 0.25) is 0 Å². The van der Waals surface area contributed by atoms with Crippen LogP contribution in [0.4, 0.5) is 0 Å². The molecule has 0 saturated heterocycles. The molecular formula is C14H18BrN3O. The summed E-state index contributed by atoms with van der Waals surface area (Å²) < 4.78 is 8.74. The minimum Gasteiger partial charge on any atom is -0.492 e. The molecule has 0 saturated carbocycles. The van der Waals surface area contributed by atoms with Crippen molar-refractivity contribution in [3.8, 4) is 5.75 Å². The molecule has 0 fully saturated rings. The molecule has 0 aliphatic heterocycles. The van der Waals surface area contributed by atoms with Gasteiger partial charge in [-0.15, -0.1) is 0 Å². The Morgan fingerprint density at radius 1 is 1.37 bits per heavy atom. The molecule has 0 amide bonds. The summed E-state index contributed by atoms with van der Waals surface area (Å²) in [4.78, 5) is 0. The predicted octanol–water partition coefficient (Wildman–Crippen LogP) is 2.80. The lowest BCUT2D eigenvalue weighted by molar-refractivity contribution is 0.289. The van der Waals surface area contributed by atoms with E-state index in [9.17, 15) is 0 Å². The van der Waals surface area contributed by atoms with Gasteiger partial charge in [0.15, 0.2) is 0 Å². The lowest BCUT2D eigenvalue weighted by Crippen LogP contribution is -2.11. The number of aromatic nitrogens is 2. The highest BCUT2D eigenvalue weighted by atomic mass is 79.9. The summed E-state index contributed by atoms with van der Waals surface area (Å²) in [5.74, 6) is 0.851. The Hall–Kier alpha value is -1.33. The van der Waals surface area contributed by atoms with Gasteiger partial charge in [0.25, 0.3) is 0 Å². The second-order valence-electron chi connectivity index (χ2n) is 4.41. The molecule has 0 radical (unpaired) electrons. The fraction of sp³-hybridized carbons (Fsp3) is 0.357. The van der Waals surface area contributed by atoms with Crippen LogP contribution < -0.4 is 10.5 Å². The quantitative estimate of drug-likeness (QED) is 0.920. The second kappa shape index (κ2) is 6.21. The molecule has 0 unspecified atom stereocenters. The van der Waals surface area contributed by atoms with Crippen LogP contribution in [0, 0.1) is 13.8 Å². The molecule has 2 aromatic rings. The standard InChI is InChI=1S/C14H18BrN3O/c1-10-14(15)11(2)18(17-10)6-7-19-13-5-3-4-12(8-13)9-16/h3-5,8H,6-7,9,16H2,1-2H3. The Morgan fingerprint density at radius 3 is 2.79 bits per heavy atom. The molecule has 19 heavy (non-hydrogen) atoms. The van der Waals surface area contributed by atoms with Crippen LogP contribution in [0.15, 0.2) is 28.7 Å². The van der Waals surface area contributed by atoms with Gasteiger partial charge < -0.3 is 10.5 Å². The first-order chi connectivity index (χ1) is 9.11. The van der Waals surface area contributed by atoms with Crippen LogP contribution in [0.5, 0.6) is 5.75 Å². The molecule has 4 nitrogen and oxygen atoms in total. The van der Waals surface area contributed by atoms with Crippen LogP contribution in [-0.2, 0) is 13.1 Å². The van der Waals surface area contributed by atoms with Gasteiger partial charge in [-0.2, -0.15) is 5.10 Å². The van der Waals surface area contributed by atoms with E-state index in [1.54, 1.807) is 0 Å². The lowest BCUT2D eigenvalue weighted by atomic mass is 10.2. The minimum absolute atomic E-state index is 0.529. The number of nitrogens with two attached hydrogens (primary N) is 1. The number of nitrogens with zero attached hydrogens (tertiary/aromatic N) is 2. The molecule has 1 aromatic carbocycles. The van der Waals surface area contributed by atoms with Crippen LogP contribution >= 0.6 is 15.9 Å². The summed E-state index contributed by atoms with van der Waals surface area (Å²) in [5, 5.41) is 4.44. The van der Waals surface area contributed by atoms with Gasteiger partial charge in [-0.05, 0) is 47.5 Å². The summed E-state index contributed by atoms with van der Waals surface area (Å²) in [7, 11) is 0. The lowest BCUT2D eigenvalue weighted by Gasteiger charge is -2.08. The van der Waals surface area contributed by atoms with E-state index in [-0.39, 0.29) is 0 Å². The van der Waals surface area contributed by atoms with Gasteiger partial charge in [-0.1, -0.05) is 12.1 Å². The highest BCUT2D eigenvalue weighted by Gasteiger charge is 2.08. The third kappa shape index (κ3) is 3.36. The highest BCUT2D eigenvalue weighted by molar-refractivity contribution is 9.10. The zero-order chi connectivity index (χ0) is 13.8. The summed E-state index contributed by atoms with van der Waals surface area (Å²) in [6.45, 7) is 5.87. The third-order valence-corrected chi connectivity index (χ3v) is 4.15. The normalized spacial score (nSPS) is 10.7. The van der Waals surface area contributed by atoms with Crippen molar-refractivity contribution in [1.29, 1.82) is 0 Å². The summed E-state index contributed by atoms with van der Waals surface area (Å²) in [5.41, 5.74) is 8.80. The van der Waals surface area contributed by atoms with E-state index in [4.69, 9.17) is 10.5 Å². The first kappa shape index (κ1) is 14.1. The van der Waals surface area contributed by atoms with E-state index in [0.717, 1.165) is 33.7 Å². The number of hydrogen-bond donors (Lipinski definition) is 1. The van der Waals surface area contributed by atoms with Crippen molar-refractivity contribution in [1.82, 2.24) is 9.78 Å². The second-order valence-corrected chi connectivity index (χ2v) is 5.20. The Kier molecular flexibility index (Phi) is 4.61. The van der Waals surface area contributed by atoms with Gasteiger partial charge in [0.05, 0.1) is 16.7 Å². The monoisotopic (exact) mass is 323 g/mol. The maximum absolute atomic E-state index is 5.72. The summed E-state index contributed by atoms with van der Waals surface area (Å²) in [6, 6.07) is 7.86. The maximum Gasteiger partial charge on any atom is 0.119 e. The molecule has 0 atom stereocenters. The van der Waals surface area contributed by atoms with Gasteiger partial charge in [0, 0.05) is 12.2 Å². The number of halogens is 1. The zero-order valence-electron chi connectivity index (χ0n) is 11.2. The van der Waals surface area contributed by atoms with Crippen LogP contribution in [0.1, 0.15) is 17.0 Å². The van der Waals surface area contributed by atoms with E-state index in [1.807, 2.05) is 42.8 Å². The van der Waals surface area contributed by atoms with Crippen molar-refractivity contribution in [2.24, 2.45) is 5.73 Å². The fourth-order valence-electron chi connectivity index (χ4n) is 1.90. The number of rotatable bonds is 5. The number of ether oxygens (including phenoxy) is 1. The van der Waals surface area contributed by atoms with Crippen LogP contribution in [-0.4, -0.2) is 16.4 Å². The van der Waals surface area contributed by atoms with Crippen molar-refractivity contribution >= 4 is 15.9 Å². The van der Waals surface area contributed by atoms with Crippen molar-refractivity contribution in [3.63, 3.8) is 0 Å². The van der Waals surface area contributed by atoms with Gasteiger partial charge in [0.2, 0.25) is 0 Å². The molecule has 0 aliphatic rings. The molecule has 0 spiro atoms. The maximum atomic E-state index is 5.72. The first-order valence-electron chi connectivity index (χ1n) is 6.23. The molecule has 1 heterocycles.